The monoisotopic (exact) mass is 278 g/mol. The van der Waals surface area contributed by atoms with Crippen LogP contribution in [0.5, 0.6) is 0 Å². The molecule has 2 fully saturated rings. The molecule has 1 heterocycles. The molecule has 1 aliphatic carbocycles. The van der Waals surface area contributed by atoms with Crippen molar-refractivity contribution in [2.45, 2.75) is 77.5 Å². The SMILES string of the molecule is CCCC1CCC(C#N)C(N2CC(C)OCC2CC)C1. The van der Waals surface area contributed by atoms with Gasteiger partial charge in [-0.25, -0.2) is 0 Å². The third-order valence-corrected chi connectivity index (χ3v) is 5.20. The first-order valence-corrected chi connectivity index (χ1v) is 8.46. The molecular formula is C17H30N2O. The van der Waals surface area contributed by atoms with Crippen molar-refractivity contribution in [3.63, 3.8) is 0 Å². The van der Waals surface area contributed by atoms with E-state index in [0.717, 1.165) is 31.9 Å². The molecular weight excluding hydrogens is 248 g/mol. The van der Waals surface area contributed by atoms with Crippen molar-refractivity contribution in [3.8, 4) is 6.07 Å². The molecule has 1 saturated heterocycles. The first-order chi connectivity index (χ1) is 9.69. The molecule has 2 aliphatic rings. The molecule has 20 heavy (non-hydrogen) atoms. The number of nitriles is 1. The van der Waals surface area contributed by atoms with E-state index in [2.05, 4.69) is 31.7 Å². The number of morpholine rings is 1. The molecule has 0 amide bonds. The first kappa shape index (κ1) is 15.8. The van der Waals surface area contributed by atoms with E-state index in [1.807, 2.05) is 0 Å². The van der Waals surface area contributed by atoms with Crippen LogP contribution >= 0.6 is 0 Å². The topological polar surface area (TPSA) is 36.3 Å². The zero-order valence-electron chi connectivity index (χ0n) is 13.3. The third-order valence-electron chi connectivity index (χ3n) is 5.20. The van der Waals surface area contributed by atoms with Gasteiger partial charge in [0.2, 0.25) is 0 Å². The summed E-state index contributed by atoms with van der Waals surface area (Å²) in [6.45, 7) is 8.51. The molecule has 2 rings (SSSR count). The lowest BCUT2D eigenvalue weighted by atomic mass is 9.76. The van der Waals surface area contributed by atoms with Crippen molar-refractivity contribution in [1.82, 2.24) is 4.90 Å². The second kappa shape index (κ2) is 7.43. The van der Waals surface area contributed by atoms with Gasteiger partial charge in [-0.3, -0.25) is 4.90 Å². The van der Waals surface area contributed by atoms with Gasteiger partial charge in [-0.1, -0.05) is 26.7 Å². The van der Waals surface area contributed by atoms with Crippen molar-refractivity contribution in [2.75, 3.05) is 13.2 Å². The Kier molecular flexibility index (Phi) is 5.86. The molecule has 0 bridgehead atoms. The Bertz CT molecular complexity index is 338. The predicted octanol–water partition coefficient (Wildman–Crippen LogP) is 3.59. The molecule has 3 nitrogen and oxygen atoms in total. The predicted molar refractivity (Wildman–Crippen MR) is 81.3 cm³/mol. The van der Waals surface area contributed by atoms with Crippen LogP contribution in [0.3, 0.4) is 0 Å². The average molecular weight is 278 g/mol. The zero-order valence-corrected chi connectivity index (χ0v) is 13.3. The summed E-state index contributed by atoms with van der Waals surface area (Å²) < 4.78 is 5.82. The van der Waals surface area contributed by atoms with Crippen molar-refractivity contribution < 1.29 is 4.74 Å². The highest BCUT2D eigenvalue weighted by molar-refractivity contribution is 5.00. The smallest absolute Gasteiger partial charge is 0.0674 e. The number of ether oxygens (including phenoxy) is 1. The van der Waals surface area contributed by atoms with Gasteiger partial charge in [0.05, 0.1) is 24.7 Å². The van der Waals surface area contributed by atoms with Crippen molar-refractivity contribution in [2.24, 2.45) is 11.8 Å². The minimum Gasteiger partial charge on any atom is -0.376 e. The van der Waals surface area contributed by atoms with Gasteiger partial charge < -0.3 is 4.74 Å². The molecule has 0 radical (unpaired) electrons. The summed E-state index contributed by atoms with van der Waals surface area (Å²) in [6.07, 6.45) is 7.59. The maximum absolute atomic E-state index is 9.53. The summed E-state index contributed by atoms with van der Waals surface area (Å²) in [6, 6.07) is 3.56. The second-order valence-corrected chi connectivity index (χ2v) is 6.67. The van der Waals surface area contributed by atoms with E-state index in [9.17, 15) is 5.26 Å². The summed E-state index contributed by atoms with van der Waals surface area (Å²) in [7, 11) is 0. The van der Waals surface area contributed by atoms with Crippen LogP contribution < -0.4 is 0 Å². The van der Waals surface area contributed by atoms with Crippen LogP contribution in [0.1, 0.15) is 59.3 Å². The third kappa shape index (κ3) is 3.54. The van der Waals surface area contributed by atoms with E-state index in [1.54, 1.807) is 0 Å². The van der Waals surface area contributed by atoms with Gasteiger partial charge >= 0.3 is 0 Å². The van der Waals surface area contributed by atoms with Gasteiger partial charge in [0.25, 0.3) is 0 Å². The Morgan fingerprint density at radius 1 is 1.30 bits per heavy atom. The Morgan fingerprint density at radius 2 is 2.10 bits per heavy atom. The Labute approximate surface area is 124 Å². The number of nitrogens with zero attached hydrogens (tertiary/aromatic N) is 2. The average Bonchev–Trinajstić information content (AvgIpc) is 2.47. The summed E-state index contributed by atoms with van der Waals surface area (Å²) >= 11 is 0. The summed E-state index contributed by atoms with van der Waals surface area (Å²) in [5, 5.41) is 9.53. The van der Waals surface area contributed by atoms with Crippen LogP contribution in [0.4, 0.5) is 0 Å². The highest BCUT2D eigenvalue weighted by Gasteiger charge is 2.39. The van der Waals surface area contributed by atoms with Gasteiger partial charge in [-0.05, 0) is 38.5 Å². The van der Waals surface area contributed by atoms with Crippen molar-refractivity contribution in [3.05, 3.63) is 0 Å². The van der Waals surface area contributed by atoms with E-state index >= 15 is 0 Å². The molecule has 114 valence electrons. The van der Waals surface area contributed by atoms with Crippen LogP contribution in [-0.4, -0.2) is 36.2 Å². The van der Waals surface area contributed by atoms with Gasteiger partial charge in [-0.2, -0.15) is 5.26 Å². The van der Waals surface area contributed by atoms with E-state index in [4.69, 9.17) is 4.74 Å². The van der Waals surface area contributed by atoms with Crippen LogP contribution in [-0.2, 0) is 4.74 Å². The normalized spacial score (nSPS) is 39.4. The van der Waals surface area contributed by atoms with Crippen LogP contribution in [0.15, 0.2) is 0 Å². The molecule has 0 aromatic carbocycles. The fourth-order valence-corrected chi connectivity index (χ4v) is 4.05. The van der Waals surface area contributed by atoms with E-state index in [1.165, 1.54) is 25.7 Å². The first-order valence-electron chi connectivity index (χ1n) is 8.46. The summed E-state index contributed by atoms with van der Waals surface area (Å²) in [4.78, 5) is 2.61. The van der Waals surface area contributed by atoms with Gasteiger partial charge in [-0.15, -0.1) is 0 Å². The lowest BCUT2D eigenvalue weighted by molar-refractivity contribution is -0.0867. The number of hydrogen-bond acceptors (Lipinski definition) is 3. The zero-order chi connectivity index (χ0) is 14.5. The quantitative estimate of drug-likeness (QED) is 0.788. The van der Waals surface area contributed by atoms with Crippen LogP contribution in [0, 0.1) is 23.2 Å². The maximum Gasteiger partial charge on any atom is 0.0674 e. The molecule has 0 N–H and O–H groups in total. The molecule has 3 heteroatoms. The lowest BCUT2D eigenvalue weighted by Gasteiger charge is -2.47. The summed E-state index contributed by atoms with van der Waals surface area (Å²) in [5.74, 6) is 1.05. The molecule has 5 atom stereocenters. The standard InChI is InChI=1S/C17H30N2O/c1-4-6-14-7-8-15(10-18)17(9-14)19-11-13(3)20-12-16(19)5-2/h13-17H,4-9,11-12H2,1-3H3. The highest BCUT2D eigenvalue weighted by Crippen LogP contribution is 2.36. The van der Waals surface area contributed by atoms with Gasteiger partial charge in [0, 0.05) is 18.6 Å². The Morgan fingerprint density at radius 3 is 2.75 bits per heavy atom. The number of rotatable bonds is 4. The molecule has 1 saturated carbocycles. The minimum absolute atomic E-state index is 0.224. The van der Waals surface area contributed by atoms with E-state index < -0.39 is 0 Å². The van der Waals surface area contributed by atoms with Crippen molar-refractivity contribution >= 4 is 0 Å². The molecule has 1 aliphatic heterocycles. The largest absolute Gasteiger partial charge is 0.376 e. The highest BCUT2D eigenvalue weighted by atomic mass is 16.5. The molecule has 0 aromatic rings. The van der Waals surface area contributed by atoms with E-state index in [-0.39, 0.29) is 5.92 Å². The molecule has 0 aromatic heterocycles. The molecule has 0 spiro atoms. The van der Waals surface area contributed by atoms with Crippen LogP contribution in [0.25, 0.3) is 0 Å². The van der Waals surface area contributed by atoms with E-state index in [0.29, 0.717) is 18.2 Å². The van der Waals surface area contributed by atoms with Gasteiger partial charge in [0.15, 0.2) is 0 Å². The molecule has 5 unspecified atom stereocenters. The maximum atomic E-state index is 9.53. The number of hydrogen-bond donors (Lipinski definition) is 0. The second-order valence-electron chi connectivity index (χ2n) is 6.67. The Hall–Kier alpha value is -0.590. The minimum atomic E-state index is 0.224. The fraction of sp³-hybridized carbons (Fsp3) is 0.941. The lowest BCUT2D eigenvalue weighted by Crippen LogP contribution is -2.56. The van der Waals surface area contributed by atoms with Crippen LogP contribution in [0.2, 0.25) is 0 Å². The van der Waals surface area contributed by atoms with Gasteiger partial charge in [0.1, 0.15) is 0 Å². The summed E-state index contributed by atoms with van der Waals surface area (Å²) in [5.41, 5.74) is 0. The van der Waals surface area contributed by atoms with Crippen molar-refractivity contribution in [1.29, 1.82) is 5.26 Å². The fourth-order valence-electron chi connectivity index (χ4n) is 4.05. The Balaban J connectivity index is 2.09.